The van der Waals surface area contributed by atoms with Crippen LogP contribution in [0.25, 0.3) is 22.3 Å². The van der Waals surface area contributed by atoms with Gasteiger partial charge in [0.2, 0.25) is 0 Å². The lowest BCUT2D eigenvalue weighted by molar-refractivity contribution is -0.137. The van der Waals surface area contributed by atoms with Crippen LogP contribution in [-0.4, -0.2) is 73.3 Å². The number of benzene rings is 3. The van der Waals surface area contributed by atoms with E-state index in [9.17, 15) is 9.59 Å². The van der Waals surface area contributed by atoms with Crippen LogP contribution in [0.3, 0.4) is 0 Å². The second kappa shape index (κ2) is 14.7. The number of fused-ring (bicyclic) bond motifs is 1. The zero-order chi connectivity index (χ0) is 33.0. The summed E-state index contributed by atoms with van der Waals surface area (Å²) in [6.07, 6.45) is 1.52. The number of methoxy groups -OCH3 is 1. The Kier molecular flexibility index (Phi) is 10.7. The maximum absolute atomic E-state index is 13.9. The number of hydrogen-bond donors (Lipinski definition) is 0. The first kappa shape index (κ1) is 33.4. The fraction of sp³-hybridized carbons (Fsp3) is 0.353. The minimum atomic E-state index is -0.327. The van der Waals surface area contributed by atoms with Crippen LogP contribution in [0.4, 0.5) is 0 Å². The van der Waals surface area contributed by atoms with Gasteiger partial charge in [0.15, 0.2) is 23.9 Å². The summed E-state index contributed by atoms with van der Waals surface area (Å²) in [5.74, 6) is 1.71. The van der Waals surface area contributed by atoms with Crippen LogP contribution in [-0.2, 0) is 9.53 Å². The van der Waals surface area contributed by atoms with Crippen LogP contribution in [0.5, 0.6) is 17.2 Å². The molecule has 1 saturated heterocycles. The number of amides is 1. The Bertz CT molecular complexity index is 1850. The van der Waals surface area contributed by atoms with E-state index in [1.807, 2.05) is 38.1 Å². The number of para-hydroxylation sites is 1. The second-order valence-electron chi connectivity index (χ2n) is 11.0. The van der Waals surface area contributed by atoms with Crippen molar-refractivity contribution in [2.24, 2.45) is 5.10 Å². The van der Waals surface area contributed by atoms with Gasteiger partial charge in [0.1, 0.15) is 10.8 Å². The van der Waals surface area contributed by atoms with Crippen LogP contribution in [0.15, 0.2) is 56.8 Å². The van der Waals surface area contributed by atoms with E-state index in [0.717, 1.165) is 22.4 Å². The smallest absolute Gasteiger partial charge is 0.282 e. The maximum atomic E-state index is 13.9. The van der Waals surface area contributed by atoms with Gasteiger partial charge < -0.3 is 23.8 Å². The Labute approximate surface area is 281 Å². The zero-order valence-electron chi connectivity index (χ0n) is 26.4. The summed E-state index contributed by atoms with van der Waals surface area (Å²) in [6, 6.07) is 12.8. The SMILES string of the molecule is CCOc1cc(C=Nn2c(-c3cc(C(C)C)c(OC)cc3C)nc3ccccc3c2=O)c(Br)c(Cl)c1OCC(=O)N1CCOCC1. The van der Waals surface area contributed by atoms with Crippen molar-refractivity contribution in [3.63, 3.8) is 0 Å². The number of carbonyl (C=O) groups excluding carboxylic acids is 1. The molecule has 0 atom stereocenters. The number of hydrogen-bond acceptors (Lipinski definition) is 8. The number of nitrogens with zero attached hydrogens (tertiary/aromatic N) is 4. The highest BCUT2D eigenvalue weighted by Gasteiger charge is 2.23. The molecule has 0 unspecified atom stereocenters. The second-order valence-corrected chi connectivity index (χ2v) is 12.2. The lowest BCUT2D eigenvalue weighted by Crippen LogP contribution is -2.43. The largest absolute Gasteiger partial charge is 0.496 e. The fourth-order valence-electron chi connectivity index (χ4n) is 5.23. The summed E-state index contributed by atoms with van der Waals surface area (Å²) in [6.45, 7) is 10.1. The van der Waals surface area contributed by atoms with E-state index in [2.05, 4.69) is 34.9 Å². The Morgan fingerprint density at radius 1 is 1.15 bits per heavy atom. The molecule has 10 nitrogen and oxygen atoms in total. The molecule has 0 bridgehead atoms. The molecule has 0 spiro atoms. The van der Waals surface area contributed by atoms with Gasteiger partial charge in [0.25, 0.3) is 11.5 Å². The molecule has 0 aliphatic carbocycles. The third-order valence-corrected chi connectivity index (χ3v) is 9.11. The van der Waals surface area contributed by atoms with E-state index < -0.39 is 0 Å². The molecule has 1 aliphatic heterocycles. The highest BCUT2D eigenvalue weighted by Crippen LogP contribution is 2.42. The first-order valence-electron chi connectivity index (χ1n) is 15.0. The number of carbonyl (C=O) groups is 1. The highest BCUT2D eigenvalue weighted by atomic mass is 79.9. The Hall–Kier alpha value is -3.93. The molecule has 1 aromatic heterocycles. The fourth-order valence-corrected chi connectivity index (χ4v) is 5.88. The van der Waals surface area contributed by atoms with Gasteiger partial charge in [-0.1, -0.05) is 37.6 Å². The summed E-state index contributed by atoms with van der Waals surface area (Å²) < 4.78 is 24.5. The number of aromatic nitrogens is 2. The first-order valence-corrected chi connectivity index (χ1v) is 16.2. The lowest BCUT2D eigenvalue weighted by Gasteiger charge is -2.27. The average molecular weight is 712 g/mol. The third-order valence-electron chi connectivity index (χ3n) is 7.67. The molecule has 2 heterocycles. The predicted octanol–water partition coefficient (Wildman–Crippen LogP) is 6.44. The van der Waals surface area contributed by atoms with E-state index in [4.69, 9.17) is 35.5 Å². The molecule has 0 N–H and O–H groups in total. The molecule has 12 heteroatoms. The summed E-state index contributed by atoms with van der Waals surface area (Å²) in [5.41, 5.74) is 3.38. The lowest BCUT2D eigenvalue weighted by atomic mass is 9.96. The van der Waals surface area contributed by atoms with Crippen molar-refractivity contribution >= 4 is 50.6 Å². The molecule has 0 radical (unpaired) electrons. The van der Waals surface area contributed by atoms with Crippen molar-refractivity contribution in [2.75, 3.05) is 46.6 Å². The van der Waals surface area contributed by atoms with Crippen LogP contribution in [0.1, 0.15) is 43.4 Å². The monoisotopic (exact) mass is 710 g/mol. The number of rotatable bonds is 10. The van der Waals surface area contributed by atoms with E-state index in [1.54, 1.807) is 30.2 Å². The van der Waals surface area contributed by atoms with Gasteiger partial charge in [0.05, 0.1) is 44.0 Å². The van der Waals surface area contributed by atoms with Gasteiger partial charge in [-0.2, -0.15) is 9.78 Å². The topological polar surface area (TPSA) is 104 Å². The van der Waals surface area contributed by atoms with Crippen molar-refractivity contribution < 1.29 is 23.7 Å². The zero-order valence-corrected chi connectivity index (χ0v) is 28.8. The first-order chi connectivity index (χ1) is 22.1. The van der Waals surface area contributed by atoms with E-state index in [0.29, 0.717) is 65.4 Å². The van der Waals surface area contributed by atoms with E-state index >= 15 is 0 Å². The summed E-state index contributed by atoms with van der Waals surface area (Å²) >= 11 is 10.3. The quantitative estimate of drug-likeness (QED) is 0.175. The Morgan fingerprint density at radius 3 is 2.59 bits per heavy atom. The molecule has 0 saturated carbocycles. The highest BCUT2D eigenvalue weighted by molar-refractivity contribution is 9.10. The summed E-state index contributed by atoms with van der Waals surface area (Å²) in [7, 11) is 1.65. The van der Waals surface area contributed by atoms with Gasteiger partial charge in [-0.25, -0.2) is 4.98 Å². The molecule has 1 amide bonds. The normalized spacial score (nSPS) is 13.5. The van der Waals surface area contributed by atoms with Crippen LogP contribution in [0, 0.1) is 6.92 Å². The summed E-state index contributed by atoms with van der Waals surface area (Å²) in [5, 5.41) is 5.29. The van der Waals surface area contributed by atoms with Crippen LogP contribution >= 0.6 is 27.5 Å². The molecule has 242 valence electrons. The van der Waals surface area contributed by atoms with E-state index in [1.165, 1.54) is 10.9 Å². The third kappa shape index (κ3) is 6.91. The van der Waals surface area contributed by atoms with Crippen molar-refractivity contribution in [3.05, 3.63) is 79.0 Å². The molecule has 4 aromatic rings. The summed E-state index contributed by atoms with van der Waals surface area (Å²) in [4.78, 5) is 33.2. The number of aryl methyl sites for hydroxylation is 1. The van der Waals surface area contributed by atoms with Crippen molar-refractivity contribution in [3.8, 4) is 28.6 Å². The van der Waals surface area contributed by atoms with Gasteiger partial charge in [-0.3, -0.25) is 9.59 Å². The Balaban J connectivity index is 1.58. The van der Waals surface area contributed by atoms with Crippen LogP contribution in [0.2, 0.25) is 5.02 Å². The van der Waals surface area contributed by atoms with Gasteiger partial charge in [0, 0.05) is 28.7 Å². The maximum Gasteiger partial charge on any atom is 0.282 e. The average Bonchev–Trinajstić information content (AvgIpc) is 3.06. The van der Waals surface area contributed by atoms with Crippen LogP contribution < -0.4 is 19.8 Å². The molecular formula is C34H36BrClN4O6. The van der Waals surface area contributed by atoms with Crippen molar-refractivity contribution in [2.45, 2.75) is 33.6 Å². The molecule has 46 heavy (non-hydrogen) atoms. The van der Waals surface area contributed by atoms with E-state index in [-0.39, 0.29) is 34.8 Å². The number of ether oxygens (including phenoxy) is 4. The minimum absolute atomic E-state index is 0.165. The number of halogens is 2. The van der Waals surface area contributed by atoms with Gasteiger partial charge >= 0.3 is 0 Å². The molecular weight excluding hydrogens is 676 g/mol. The van der Waals surface area contributed by atoms with Gasteiger partial charge in [-0.05, 0) is 77.2 Å². The Morgan fingerprint density at radius 2 is 1.89 bits per heavy atom. The molecule has 1 fully saturated rings. The minimum Gasteiger partial charge on any atom is -0.496 e. The predicted molar refractivity (Wildman–Crippen MR) is 183 cm³/mol. The molecule has 5 rings (SSSR count). The van der Waals surface area contributed by atoms with Gasteiger partial charge in [-0.15, -0.1) is 0 Å². The standard InChI is InChI=1S/C34H36BrClN4O6/c1-6-45-28-16-22(30(35)31(36)32(28)46-19-29(41)39-11-13-44-14-12-39)18-37-40-33(38-26-10-8-7-9-23(26)34(40)42)25-17-24(20(2)3)27(43-5)15-21(25)4/h7-10,15-18,20H,6,11-14,19H2,1-5H3. The molecule has 3 aromatic carbocycles. The van der Waals surface area contributed by atoms with Crippen molar-refractivity contribution in [1.82, 2.24) is 14.6 Å². The number of morpholine rings is 1. The van der Waals surface area contributed by atoms with Crippen molar-refractivity contribution in [1.29, 1.82) is 0 Å². The molecule has 1 aliphatic rings.